The fraction of sp³-hybridized carbons (Fsp3) is 0. The number of fused-ring (bicyclic) bond motifs is 3. The average molecular weight is 791 g/mol. The molecule has 0 unspecified atom stereocenters. The van der Waals surface area contributed by atoms with Crippen LogP contribution in [0.3, 0.4) is 0 Å². The maximum Gasteiger partial charge on any atom is 0.164 e. The van der Waals surface area contributed by atoms with Crippen molar-refractivity contribution in [1.82, 2.24) is 19.9 Å². The van der Waals surface area contributed by atoms with Crippen LogP contribution < -0.4 is 0 Å². The van der Waals surface area contributed by atoms with E-state index in [2.05, 4.69) is 212 Å². The number of pyridine rings is 1. The fourth-order valence-corrected chi connectivity index (χ4v) is 8.32. The molecule has 11 rings (SSSR count). The van der Waals surface area contributed by atoms with Gasteiger partial charge >= 0.3 is 0 Å². The molecule has 0 saturated carbocycles. The number of rotatable bonds is 8. The summed E-state index contributed by atoms with van der Waals surface area (Å²) in [5, 5.41) is 3.45. The Balaban J connectivity index is 1.03. The van der Waals surface area contributed by atoms with Gasteiger partial charge in [0.05, 0.1) is 11.2 Å². The molecule has 9 aromatic carbocycles. The molecule has 0 N–H and O–H groups in total. The van der Waals surface area contributed by atoms with Crippen LogP contribution in [0.1, 0.15) is 0 Å². The summed E-state index contributed by atoms with van der Waals surface area (Å²) in [5.74, 6) is 1.85. The molecule has 0 fully saturated rings. The van der Waals surface area contributed by atoms with Crippen molar-refractivity contribution in [3.63, 3.8) is 0 Å². The maximum absolute atomic E-state index is 5.22. The molecule has 2 aromatic heterocycles. The molecule has 2 heterocycles. The second-order valence-electron chi connectivity index (χ2n) is 15.5. The molecule has 0 amide bonds. The first kappa shape index (κ1) is 36.7. The lowest BCUT2D eigenvalue weighted by Gasteiger charge is -2.14. The van der Waals surface area contributed by atoms with E-state index in [4.69, 9.17) is 19.9 Å². The van der Waals surface area contributed by atoms with E-state index in [1.165, 1.54) is 0 Å². The van der Waals surface area contributed by atoms with Crippen LogP contribution in [0.2, 0.25) is 0 Å². The number of hydrogen-bond donors (Lipinski definition) is 0. The van der Waals surface area contributed by atoms with E-state index >= 15 is 0 Å². The third kappa shape index (κ3) is 7.20. The van der Waals surface area contributed by atoms with Gasteiger partial charge in [0.15, 0.2) is 17.5 Å². The minimum absolute atomic E-state index is 0.612. The Labute approximate surface area is 360 Å². The first-order valence-corrected chi connectivity index (χ1v) is 20.9. The quantitative estimate of drug-likeness (QED) is 0.144. The molecular weight excluding hydrogens is 753 g/mol. The largest absolute Gasteiger partial charge is 0.248 e. The van der Waals surface area contributed by atoms with Crippen LogP contribution in [0.25, 0.3) is 112 Å². The van der Waals surface area contributed by atoms with Crippen LogP contribution in [0.5, 0.6) is 0 Å². The van der Waals surface area contributed by atoms with Crippen LogP contribution in [0, 0.1) is 0 Å². The van der Waals surface area contributed by atoms with Gasteiger partial charge in [-0.1, -0.05) is 206 Å². The fourth-order valence-electron chi connectivity index (χ4n) is 8.32. The molecule has 290 valence electrons. The molecule has 0 saturated heterocycles. The highest BCUT2D eigenvalue weighted by atomic mass is 15.0. The Morgan fingerprint density at radius 1 is 0.242 bits per heavy atom. The summed E-state index contributed by atoms with van der Waals surface area (Å²) < 4.78 is 0. The van der Waals surface area contributed by atoms with E-state index < -0.39 is 0 Å². The normalized spacial score (nSPS) is 11.2. The second-order valence-corrected chi connectivity index (χ2v) is 15.5. The average Bonchev–Trinajstić information content (AvgIpc) is 3.37. The van der Waals surface area contributed by atoms with Gasteiger partial charge in [-0.15, -0.1) is 0 Å². The maximum atomic E-state index is 5.22. The monoisotopic (exact) mass is 790 g/mol. The summed E-state index contributed by atoms with van der Waals surface area (Å²) in [5.41, 5.74) is 14.8. The molecule has 0 aliphatic carbocycles. The molecule has 4 nitrogen and oxygen atoms in total. The van der Waals surface area contributed by atoms with Gasteiger partial charge in [-0.3, -0.25) is 0 Å². The zero-order chi connectivity index (χ0) is 41.2. The lowest BCUT2D eigenvalue weighted by molar-refractivity contribution is 1.07. The van der Waals surface area contributed by atoms with E-state index in [9.17, 15) is 0 Å². The van der Waals surface area contributed by atoms with Gasteiger partial charge in [0.1, 0.15) is 0 Å². The minimum atomic E-state index is 0.612. The van der Waals surface area contributed by atoms with E-state index in [0.29, 0.717) is 17.5 Å². The van der Waals surface area contributed by atoms with Crippen molar-refractivity contribution >= 4 is 21.7 Å². The number of nitrogens with zero attached hydrogens (tertiary/aromatic N) is 4. The number of aromatic nitrogens is 4. The Hall–Kier alpha value is -8.34. The first-order valence-electron chi connectivity index (χ1n) is 20.9. The highest BCUT2D eigenvalue weighted by Gasteiger charge is 2.16. The van der Waals surface area contributed by atoms with E-state index in [1.807, 2.05) is 18.2 Å². The van der Waals surface area contributed by atoms with Crippen molar-refractivity contribution in [2.75, 3.05) is 0 Å². The lowest BCUT2D eigenvalue weighted by atomic mass is 9.92. The zero-order valence-electron chi connectivity index (χ0n) is 33.7. The van der Waals surface area contributed by atoms with Crippen LogP contribution >= 0.6 is 0 Å². The van der Waals surface area contributed by atoms with Gasteiger partial charge in [0, 0.05) is 27.6 Å². The predicted molar refractivity (Wildman–Crippen MR) is 256 cm³/mol. The van der Waals surface area contributed by atoms with Gasteiger partial charge in [0.2, 0.25) is 0 Å². The van der Waals surface area contributed by atoms with Crippen LogP contribution in [-0.4, -0.2) is 19.9 Å². The van der Waals surface area contributed by atoms with Crippen molar-refractivity contribution in [2.24, 2.45) is 0 Å². The first-order chi connectivity index (χ1) is 30.7. The predicted octanol–water partition coefficient (Wildman–Crippen LogP) is 14.9. The van der Waals surface area contributed by atoms with Crippen LogP contribution in [0.15, 0.2) is 231 Å². The zero-order valence-corrected chi connectivity index (χ0v) is 33.7. The van der Waals surface area contributed by atoms with Gasteiger partial charge in [-0.25, -0.2) is 19.9 Å². The Bertz CT molecular complexity index is 3250. The topological polar surface area (TPSA) is 51.6 Å². The van der Waals surface area contributed by atoms with Crippen molar-refractivity contribution in [3.05, 3.63) is 231 Å². The van der Waals surface area contributed by atoms with E-state index in [1.54, 1.807) is 0 Å². The highest BCUT2D eigenvalue weighted by molar-refractivity contribution is 6.14. The van der Waals surface area contributed by atoms with E-state index in [0.717, 1.165) is 94.1 Å². The molecule has 0 aliphatic rings. The number of benzene rings is 9. The second kappa shape index (κ2) is 16.0. The summed E-state index contributed by atoms with van der Waals surface area (Å²) in [4.78, 5) is 20.6. The Morgan fingerprint density at radius 3 is 1.21 bits per heavy atom. The third-order valence-electron chi connectivity index (χ3n) is 11.5. The van der Waals surface area contributed by atoms with Crippen molar-refractivity contribution in [3.8, 4) is 89.9 Å². The molecular formula is C58H38N4. The molecule has 0 aliphatic heterocycles. The van der Waals surface area contributed by atoms with Gasteiger partial charge in [0.25, 0.3) is 0 Å². The van der Waals surface area contributed by atoms with E-state index in [-0.39, 0.29) is 0 Å². The molecule has 11 aromatic rings. The molecule has 0 bridgehead atoms. The highest BCUT2D eigenvalue weighted by Crippen LogP contribution is 2.39. The molecule has 0 atom stereocenters. The summed E-state index contributed by atoms with van der Waals surface area (Å²) in [7, 11) is 0. The summed E-state index contributed by atoms with van der Waals surface area (Å²) >= 11 is 0. The summed E-state index contributed by atoms with van der Waals surface area (Å²) in [6.45, 7) is 0. The standard InChI is InChI=1S/C58H38N4/c1-5-14-39(15-6-1)41-24-29-46(30-25-41)56-60-57(47-31-26-42(27-32-47)40-16-7-2-8-17-40)62-58(61-56)50-23-13-22-48(36-50)49-33-28-44-34-35-53-55(51(44)37-49)52(43-18-9-3-10-19-43)38-54(59-53)45-20-11-4-12-21-45/h1-38H. The van der Waals surface area contributed by atoms with Crippen LogP contribution in [-0.2, 0) is 0 Å². The van der Waals surface area contributed by atoms with Crippen molar-refractivity contribution < 1.29 is 0 Å². The van der Waals surface area contributed by atoms with Gasteiger partial charge < -0.3 is 0 Å². The minimum Gasteiger partial charge on any atom is -0.248 e. The Morgan fingerprint density at radius 2 is 0.645 bits per heavy atom. The Kier molecular flexibility index (Phi) is 9.49. The SMILES string of the molecule is c1ccc(-c2ccc(-c3nc(-c4ccc(-c5ccccc5)cc4)nc(-c4cccc(-c5ccc6ccc7nc(-c8ccccc8)cc(-c8ccccc8)c7c6c5)c4)n3)cc2)cc1. The molecule has 0 radical (unpaired) electrons. The smallest absolute Gasteiger partial charge is 0.164 e. The summed E-state index contributed by atoms with van der Waals surface area (Å²) in [6.07, 6.45) is 0. The molecule has 4 heteroatoms. The molecule has 62 heavy (non-hydrogen) atoms. The number of hydrogen-bond acceptors (Lipinski definition) is 4. The third-order valence-corrected chi connectivity index (χ3v) is 11.5. The van der Waals surface area contributed by atoms with Crippen molar-refractivity contribution in [1.29, 1.82) is 0 Å². The molecule has 0 spiro atoms. The van der Waals surface area contributed by atoms with Crippen LogP contribution in [0.4, 0.5) is 0 Å². The summed E-state index contributed by atoms with van der Waals surface area (Å²) in [6, 6.07) is 80.6. The van der Waals surface area contributed by atoms with Gasteiger partial charge in [-0.2, -0.15) is 0 Å². The lowest BCUT2D eigenvalue weighted by Crippen LogP contribution is -2.00. The van der Waals surface area contributed by atoms with Gasteiger partial charge in [-0.05, 0) is 79.5 Å². The van der Waals surface area contributed by atoms with Crippen molar-refractivity contribution in [2.45, 2.75) is 0 Å².